The van der Waals surface area contributed by atoms with E-state index in [1.165, 1.54) is 0 Å². The Morgan fingerprint density at radius 2 is 0.756 bits per heavy atom. The van der Waals surface area contributed by atoms with Gasteiger partial charge in [-0.25, -0.2) is 0 Å². The van der Waals surface area contributed by atoms with Gasteiger partial charge in [-0.3, -0.25) is 9.59 Å². The van der Waals surface area contributed by atoms with Crippen molar-refractivity contribution in [2.24, 2.45) is 10.8 Å². The van der Waals surface area contributed by atoms with E-state index in [0.717, 1.165) is 83.5 Å². The van der Waals surface area contributed by atoms with Crippen LogP contribution >= 0.6 is 0 Å². The largest absolute Gasteiger partial charge is 0.289 e. The second-order valence-electron chi connectivity index (χ2n) is 20.0. The smallest absolute Gasteiger partial charge is 0.195 e. The molecule has 0 saturated heterocycles. The molecule has 2 nitrogen and oxygen atoms in total. The van der Waals surface area contributed by atoms with E-state index in [1.54, 1.807) is 0 Å². The molecular formula is C76H54O2. The van der Waals surface area contributed by atoms with Gasteiger partial charge in [0.05, 0.1) is 0 Å². The number of rotatable bonds is 10. The average Bonchev–Trinajstić information content (AvgIpc) is 3.82. The summed E-state index contributed by atoms with van der Waals surface area (Å²) >= 11 is 0. The van der Waals surface area contributed by atoms with Gasteiger partial charge < -0.3 is 0 Å². The van der Waals surface area contributed by atoms with Crippen LogP contribution in [0.2, 0.25) is 0 Å². The molecule has 0 spiro atoms. The summed E-state index contributed by atoms with van der Waals surface area (Å²) in [5.41, 5.74) is 14.1. The zero-order valence-electron chi connectivity index (χ0n) is 43.6. The Hall–Kier alpha value is -10.1. The predicted octanol–water partition coefficient (Wildman–Crippen LogP) is 16.9. The zero-order valence-corrected chi connectivity index (χ0v) is 43.6. The van der Waals surface area contributed by atoms with Gasteiger partial charge in [0.1, 0.15) is 0 Å². The molecule has 0 heterocycles. The molecule has 0 saturated carbocycles. The van der Waals surface area contributed by atoms with E-state index in [4.69, 9.17) is 0 Å². The molecule has 3 aliphatic carbocycles. The number of carbonyl (C=O) groups excluding carboxylic acids is 2. The lowest BCUT2D eigenvalue weighted by Gasteiger charge is -2.30. The Morgan fingerprint density at radius 3 is 1.23 bits per heavy atom. The van der Waals surface area contributed by atoms with Crippen molar-refractivity contribution >= 4 is 45.0 Å². The van der Waals surface area contributed by atoms with Crippen molar-refractivity contribution in [3.8, 4) is 23.7 Å². The molecule has 8 aromatic rings. The summed E-state index contributed by atoms with van der Waals surface area (Å²) in [5, 5.41) is 0. The highest BCUT2D eigenvalue weighted by Crippen LogP contribution is 2.54. The first-order chi connectivity index (χ1) is 38.2. The molecule has 2 heteroatoms. The van der Waals surface area contributed by atoms with Crippen molar-refractivity contribution in [2.75, 3.05) is 0 Å². The van der Waals surface area contributed by atoms with Crippen LogP contribution in [0.4, 0.5) is 0 Å². The standard InChI is InChI=1S/C76H54O2/c1-54(59-26-14-6-15-27-59)73(77)69(63-30-18-8-19-31-63)71(66-44-40-58(41-45-66)37-35-56-24-12-5-13-25-56)75(2)50-46-60-48-52-76(3,53-49-61(60)47-51-75)72-67(65-42-38-57(39-43-65)36-34-55-22-10-4-11-23-55)68(62-28-16-7-17-29-62)74(78)70(72)64-32-20-9-21-33-64/h4-33,38-53H,1H2,2-3H3/b71-69+. The SMILES string of the molecule is C=C(C(=O)/C(=C(\c1ccc(C#Cc2ccccc2)cc1)C1(C)C=CC2=C(C=CC(C)(C3=C(c4ccccc4)C(=O)C(c4ccccc4)=C3c3ccc(C#Cc4ccccc4)cc3)C=C2)C=C1)c1ccccc1)c1ccccc1. The van der Waals surface area contributed by atoms with Gasteiger partial charge in [0.2, 0.25) is 0 Å². The van der Waals surface area contributed by atoms with E-state index in [2.05, 4.69) is 117 Å². The van der Waals surface area contributed by atoms with Crippen LogP contribution in [0.25, 0.3) is 33.4 Å². The van der Waals surface area contributed by atoms with Crippen LogP contribution < -0.4 is 0 Å². The van der Waals surface area contributed by atoms with Crippen LogP contribution in [0.5, 0.6) is 0 Å². The zero-order chi connectivity index (χ0) is 53.5. The van der Waals surface area contributed by atoms with Crippen LogP contribution in [0.1, 0.15) is 69.5 Å². The van der Waals surface area contributed by atoms with Crippen molar-refractivity contribution in [3.05, 3.63) is 358 Å². The molecule has 3 aliphatic rings. The van der Waals surface area contributed by atoms with E-state index < -0.39 is 10.8 Å². The third-order valence-corrected chi connectivity index (χ3v) is 14.7. The quantitative estimate of drug-likeness (QED) is 0.0777. The second kappa shape index (κ2) is 22.0. The van der Waals surface area contributed by atoms with Gasteiger partial charge in [-0.05, 0) is 124 Å². The molecular weight excluding hydrogens is 945 g/mol. The van der Waals surface area contributed by atoms with Gasteiger partial charge in [-0.2, -0.15) is 0 Å². The maximum atomic E-state index is 15.4. The number of benzene rings is 8. The lowest BCUT2D eigenvalue weighted by Crippen LogP contribution is -2.18. The van der Waals surface area contributed by atoms with E-state index in [-0.39, 0.29) is 11.6 Å². The molecule has 370 valence electrons. The summed E-state index contributed by atoms with van der Waals surface area (Å²) in [6.45, 7) is 8.79. The number of ketones is 2. The molecule has 0 aromatic heterocycles. The monoisotopic (exact) mass is 998 g/mol. The normalized spacial score (nSPS) is 15.3. The summed E-state index contributed by atoms with van der Waals surface area (Å²) in [7, 11) is 0. The van der Waals surface area contributed by atoms with Gasteiger partial charge in [0.15, 0.2) is 11.6 Å². The topological polar surface area (TPSA) is 34.1 Å². The summed E-state index contributed by atoms with van der Waals surface area (Å²) in [5.74, 6) is 13.1. The molecule has 11 rings (SSSR count). The van der Waals surface area contributed by atoms with Crippen LogP contribution in [0.15, 0.2) is 302 Å². The van der Waals surface area contributed by atoms with Gasteiger partial charge in [-0.15, -0.1) is 0 Å². The highest BCUT2D eigenvalue weighted by molar-refractivity contribution is 6.52. The Labute approximate surface area is 458 Å². The number of carbonyl (C=O) groups is 2. The van der Waals surface area contributed by atoms with Crippen molar-refractivity contribution in [2.45, 2.75) is 13.8 Å². The number of hydrogen-bond acceptors (Lipinski definition) is 2. The maximum absolute atomic E-state index is 15.4. The highest BCUT2D eigenvalue weighted by Gasteiger charge is 2.42. The molecule has 0 unspecified atom stereocenters. The lowest BCUT2D eigenvalue weighted by molar-refractivity contribution is -0.109. The van der Waals surface area contributed by atoms with Crippen LogP contribution in [0, 0.1) is 34.5 Å². The van der Waals surface area contributed by atoms with Crippen LogP contribution in [-0.4, -0.2) is 11.6 Å². The van der Waals surface area contributed by atoms with Crippen molar-refractivity contribution in [1.29, 1.82) is 0 Å². The first kappa shape index (κ1) is 50.1. The van der Waals surface area contributed by atoms with E-state index in [9.17, 15) is 0 Å². The Balaban J connectivity index is 1.03. The fourth-order valence-electron chi connectivity index (χ4n) is 10.6. The minimum atomic E-state index is -0.814. The molecule has 0 atom stereocenters. The molecule has 0 bridgehead atoms. The fraction of sp³-hybridized carbons (Fsp3) is 0.0526. The summed E-state index contributed by atoms with van der Waals surface area (Å²) < 4.78 is 0. The summed E-state index contributed by atoms with van der Waals surface area (Å²) in [6, 6.07) is 76.1. The first-order valence-corrected chi connectivity index (χ1v) is 26.3. The van der Waals surface area contributed by atoms with Gasteiger partial charge >= 0.3 is 0 Å². The summed E-state index contributed by atoms with van der Waals surface area (Å²) in [4.78, 5) is 30.8. The Kier molecular flexibility index (Phi) is 14.1. The third kappa shape index (κ3) is 10.3. The van der Waals surface area contributed by atoms with Crippen LogP contribution in [0.3, 0.4) is 0 Å². The van der Waals surface area contributed by atoms with Crippen molar-refractivity contribution in [3.63, 3.8) is 0 Å². The lowest BCUT2D eigenvalue weighted by atomic mass is 9.72. The predicted molar refractivity (Wildman–Crippen MR) is 323 cm³/mol. The summed E-state index contributed by atoms with van der Waals surface area (Å²) in [6.07, 6.45) is 17.6. The van der Waals surface area contributed by atoms with Gasteiger partial charge in [0, 0.05) is 55.4 Å². The fourth-order valence-corrected chi connectivity index (χ4v) is 10.6. The Bertz CT molecular complexity index is 3970. The van der Waals surface area contributed by atoms with Gasteiger partial charge in [0.25, 0.3) is 0 Å². The molecule has 0 aliphatic heterocycles. The van der Waals surface area contributed by atoms with E-state index in [1.807, 2.05) is 206 Å². The molecule has 8 aromatic carbocycles. The number of Topliss-reactive ketones (excluding diaryl/α,β-unsaturated/α-hetero) is 2. The second-order valence-corrected chi connectivity index (χ2v) is 20.0. The third-order valence-electron chi connectivity index (χ3n) is 14.7. The van der Waals surface area contributed by atoms with Gasteiger partial charge in [-0.1, -0.05) is 261 Å². The molecule has 0 fully saturated rings. The molecule has 0 radical (unpaired) electrons. The molecule has 78 heavy (non-hydrogen) atoms. The van der Waals surface area contributed by atoms with Crippen molar-refractivity contribution in [1.82, 2.24) is 0 Å². The van der Waals surface area contributed by atoms with Crippen molar-refractivity contribution < 1.29 is 9.59 Å². The first-order valence-electron chi connectivity index (χ1n) is 26.3. The maximum Gasteiger partial charge on any atom is 0.195 e. The Morgan fingerprint density at radius 1 is 0.385 bits per heavy atom. The molecule has 0 N–H and O–H groups in total. The number of hydrogen-bond donors (Lipinski definition) is 0. The minimum absolute atomic E-state index is 0.0167. The number of allylic oxidation sites excluding steroid dienone is 17. The average molecular weight is 999 g/mol. The van der Waals surface area contributed by atoms with Crippen LogP contribution in [-0.2, 0) is 9.59 Å². The van der Waals surface area contributed by atoms with E-state index >= 15 is 9.59 Å². The van der Waals surface area contributed by atoms with E-state index in [0.29, 0.717) is 22.3 Å². The molecule has 0 amide bonds. The minimum Gasteiger partial charge on any atom is -0.289 e. The highest BCUT2D eigenvalue weighted by atomic mass is 16.1.